The third-order valence-corrected chi connectivity index (χ3v) is 3.28. The van der Waals surface area contributed by atoms with Gasteiger partial charge in [-0.2, -0.15) is 0 Å². The minimum atomic E-state index is -1.69. The Morgan fingerprint density at radius 3 is 2.23 bits per heavy atom. The zero-order valence-corrected chi connectivity index (χ0v) is 9.97. The summed E-state index contributed by atoms with van der Waals surface area (Å²) in [6, 6.07) is 0. The van der Waals surface area contributed by atoms with E-state index >= 15 is 0 Å². The molecule has 0 radical (unpaired) electrons. The van der Waals surface area contributed by atoms with Crippen molar-refractivity contribution >= 4 is 8.03 Å². The van der Waals surface area contributed by atoms with Gasteiger partial charge in [0.05, 0.1) is 6.61 Å². The van der Waals surface area contributed by atoms with Crippen LogP contribution in [0, 0.1) is 0 Å². The molecule has 0 aliphatic heterocycles. The van der Waals surface area contributed by atoms with Crippen molar-refractivity contribution in [3.63, 3.8) is 0 Å². The number of hydrogen-bond acceptors (Lipinski definition) is 2. The SMILES string of the molecule is CCCCCO[PH](=O)CCCCC. The van der Waals surface area contributed by atoms with Gasteiger partial charge in [-0.25, -0.2) is 0 Å². The first-order chi connectivity index (χ1) is 6.31. The van der Waals surface area contributed by atoms with Gasteiger partial charge in [0.15, 0.2) is 8.03 Å². The van der Waals surface area contributed by atoms with Crippen LogP contribution in [0.1, 0.15) is 52.4 Å². The Hall–Kier alpha value is 0.190. The van der Waals surface area contributed by atoms with Gasteiger partial charge < -0.3 is 4.52 Å². The van der Waals surface area contributed by atoms with Gasteiger partial charge in [-0.1, -0.05) is 39.5 Å². The third kappa shape index (κ3) is 10.1. The molecule has 13 heavy (non-hydrogen) atoms. The maximum atomic E-state index is 11.2. The van der Waals surface area contributed by atoms with Gasteiger partial charge in [-0.15, -0.1) is 0 Å². The second-order valence-corrected chi connectivity index (χ2v) is 4.92. The highest BCUT2D eigenvalue weighted by molar-refractivity contribution is 7.39. The maximum absolute atomic E-state index is 11.2. The first-order valence-corrected chi connectivity index (χ1v) is 6.99. The molecule has 0 aromatic carbocycles. The molecule has 0 aromatic heterocycles. The summed E-state index contributed by atoms with van der Waals surface area (Å²) in [6.07, 6.45) is 7.64. The van der Waals surface area contributed by atoms with Gasteiger partial charge in [0.2, 0.25) is 0 Å². The highest BCUT2D eigenvalue weighted by Crippen LogP contribution is 2.24. The van der Waals surface area contributed by atoms with Crippen molar-refractivity contribution < 1.29 is 9.09 Å². The molecular weight excluding hydrogens is 183 g/mol. The molecule has 0 bridgehead atoms. The van der Waals surface area contributed by atoms with Gasteiger partial charge >= 0.3 is 0 Å². The lowest BCUT2D eigenvalue weighted by atomic mass is 10.3. The lowest BCUT2D eigenvalue weighted by molar-refractivity contribution is 0.317. The normalized spacial score (nSPS) is 13.1. The summed E-state index contributed by atoms with van der Waals surface area (Å²) in [5.41, 5.74) is 0. The molecule has 0 aliphatic rings. The summed E-state index contributed by atoms with van der Waals surface area (Å²) < 4.78 is 16.5. The Morgan fingerprint density at radius 1 is 1.00 bits per heavy atom. The Balaban J connectivity index is 3.11. The van der Waals surface area contributed by atoms with Gasteiger partial charge in [0, 0.05) is 6.16 Å². The average molecular weight is 206 g/mol. The fourth-order valence-corrected chi connectivity index (χ4v) is 2.18. The number of unbranched alkanes of at least 4 members (excludes halogenated alkanes) is 4. The maximum Gasteiger partial charge on any atom is 0.191 e. The van der Waals surface area contributed by atoms with Crippen LogP contribution in [0.15, 0.2) is 0 Å². The van der Waals surface area contributed by atoms with Crippen molar-refractivity contribution in [2.24, 2.45) is 0 Å². The van der Waals surface area contributed by atoms with Crippen LogP contribution in [-0.4, -0.2) is 12.8 Å². The van der Waals surface area contributed by atoms with Crippen molar-refractivity contribution in [1.29, 1.82) is 0 Å². The summed E-state index contributed by atoms with van der Waals surface area (Å²) in [6.45, 7) is 5.00. The van der Waals surface area contributed by atoms with E-state index in [4.69, 9.17) is 4.52 Å². The van der Waals surface area contributed by atoms with E-state index in [2.05, 4.69) is 13.8 Å². The number of hydrogen-bond donors (Lipinski definition) is 0. The second kappa shape index (κ2) is 10.3. The molecular formula is C10H23O2P. The molecule has 0 rings (SSSR count). The molecule has 0 spiro atoms. The molecule has 0 aromatic rings. The van der Waals surface area contributed by atoms with Crippen LogP contribution >= 0.6 is 8.03 Å². The fourth-order valence-electron chi connectivity index (χ4n) is 1.13. The first kappa shape index (κ1) is 13.2. The molecule has 3 heteroatoms. The molecule has 1 unspecified atom stereocenters. The van der Waals surface area contributed by atoms with E-state index in [-0.39, 0.29) is 0 Å². The van der Waals surface area contributed by atoms with E-state index in [1.807, 2.05) is 0 Å². The van der Waals surface area contributed by atoms with Crippen molar-refractivity contribution in [2.75, 3.05) is 12.8 Å². The Morgan fingerprint density at radius 2 is 1.62 bits per heavy atom. The highest BCUT2D eigenvalue weighted by Gasteiger charge is 1.98. The number of rotatable bonds is 9. The van der Waals surface area contributed by atoms with Crippen molar-refractivity contribution in [2.45, 2.75) is 52.4 Å². The largest absolute Gasteiger partial charge is 0.330 e. The van der Waals surface area contributed by atoms with E-state index in [0.717, 1.165) is 19.0 Å². The smallest absolute Gasteiger partial charge is 0.191 e. The topological polar surface area (TPSA) is 26.3 Å². The van der Waals surface area contributed by atoms with E-state index < -0.39 is 8.03 Å². The minimum absolute atomic E-state index is 0.692. The molecule has 2 nitrogen and oxygen atoms in total. The van der Waals surface area contributed by atoms with E-state index in [9.17, 15) is 4.57 Å². The zero-order valence-electron chi connectivity index (χ0n) is 8.97. The van der Waals surface area contributed by atoms with Gasteiger partial charge in [-0.05, 0) is 12.8 Å². The van der Waals surface area contributed by atoms with Crippen LogP contribution in [0.5, 0.6) is 0 Å². The summed E-state index contributed by atoms with van der Waals surface area (Å²) in [4.78, 5) is 0. The molecule has 0 N–H and O–H groups in total. The molecule has 0 saturated heterocycles. The average Bonchev–Trinajstić information content (AvgIpc) is 2.13. The molecule has 80 valence electrons. The zero-order chi connectivity index (χ0) is 9.94. The standard InChI is InChI=1S/C10H23O2P/c1-3-5-7-9-12-13(11)10-8-6-4-2/h13H,3-10H2,1-2H3. The van der Waals surface area contributed by atoms with Crippen LogP contribution in [0.25, 0.3) is 0 Å². The quantitative estimate of drug-likeness (QED) is 0.423. The van der Waals surface area contributed by atoms with E-state index in [1.165, 1.54) is 25.7 Å². The van der Waals surface area contributed by atoms with E-state index in [0.29, 0.717) is 6.61 Å². The minimum Gasteiger partial charge on any atom is -0.330 e. The van der Waals surface area contributed by atoms with Crippen LogP contribution < -0.4 is 0 Å². The lowest BCUT2D eigenvalue weighted by Crippen LogP contribution is -1.89. The van der Waals surface area contributed by atoms with Crippen LogP contribution in [-0.2, 0) is 9.09 Å². The summed E-state index contributed by atoms with van der Waals surface area (Å²) >= 11 is 0. The van der Waals surface area contributed by atoms with Crippen molar-refractivity contribution in [3.8, 4) is 0 Å². The van der Waals surface area contributed by atoms with Crippen molar-refractivity contribution in [3.05, 3.63) is 0 Å². The Kier molecular flexibility index (Phi) is 10.4. The monoisotopic (exact) mass is 206 g/mol. The summed E-state index contributed by atoms with van der Waals surface area (Å²) in [7, 11) is -1.69. The van der Waals surface area contributed by atoms with Crippen LogP contribution in [0.4, 0.5) is 0 Å². The van der Waals surface area contributed by atoms with Crippen molar-refractivity contribution in [1.82, 2.24) is 0 Å². The fraction of sp³-hybridized carbons (Fsp3) is 1.00. The molecule has 0 aliphatic carbocycles. The Bertz CT molecular complexity index is 126. The third-order valence-electron chi connectivity index (χ3n) is 2.00. The predicted octanol–water partition coefficient (Wildman–Crippen LogP) is 3.86. The van der Waals surface area contributed by atoms with E-state index in [1.54, 1.807) is 0 Å². The molecule has 0 saturated carbocycles. The van der Waals surface area contributed by atoms with Crippen LogP contribution in [0.2, 0.25) is 0 Å². The van der Waals surface area contributed by atoms with Gasteiger partial charge in [-0.3, -0.25) is 4.57 Å². The van der Waals surface area contributed by atoms with Gasteiger partial charge in [0.25, 0.3) is 0 Å². The summed E-state index contributed by atoms with van der Waals surface area (Å²) in [5.74, 6) is 0. The highest BCUT2D eigenvalue weighted by atomic mass is 31.1. The summed E-state index contributed by atoms with van der Waals surface area (Å²) in [5, 5.41) is 0. The van der Waals surface area contributed by atoms with Gasteiger partial charge in [0.1, 0.15) is 0 Å². The molecule has 0 heterocycles. The molecule has 0 amide bonds. The Labute approximate surface area is 82.9 Å². The second-order valence-electron chi connectivity index (χ2n) is 3.38. The predicted molar refractivity (Wildman–Crippen MR) is 58.9 cm³/mol. The molecule has 1 atom stereocenters. The van der Waals surface area contributed by atoms with Crippen LogP contribution in [0.3, 0.4) is 0 Å². The lowest BCUT2D eigenvalue weighted by Gasteiger charge is -2.03. The molecule has 0 fully saturated rings. The first-order valence-electron chi connectivity index (χ1n) is 5.46.